The Bertz CT molecular complexity index is 911. The minimum absolute atomic E-state index is 0.0829. The first kappa shape index (κ1) is 19.6. The summed E-state index contributed by atoms with van der Waals surface area (Å²) in [6.07, 6.45) is 0. The Hall–Kier alpha value is -3.12. The van der Waals surface area contributed by atoms with E-state index in [0.29, 0.717) is 17.9 Å². The van der Waals surface area contributed by atoms with E-state index in [1.54, 1.807) is 35.6 Å². The van der Waals surface area contributed by atoms with E-state index in [1.807, 2.05) is 54.8 Å². The monoisotopic (exact) mass is 394 g/mol. The third kappa shape index (κ3) is 5.44. The van der Waals surface area contributed by atoms with Gasteiger partial charge in [-0.05, 0) is 36.1 Å². The summed E-state index contributed by atoms with van der Waals surface area (Å²) in [7, 11) is 0. The highest BCUT2D eigenvalue weighted by Crippen LogP contribution is 2.19. The molecule has 0 saturated carbocycles. The van der Waals surface area contributed by atoms with Crippen molar-refractivity contribution >= 4 is 23.2 Å². The maximum Gasteiger partial charge on any atom is 0.258 e. The van der Waals surface area contributed by atoms with Crippen LogP contribution in [0.4, 0.5) is 0 Å². The van der Waals surface area contributed by atoms with E-state index in [-0.39, 0.29) is 24.5 Å². The van der Waals surface area contributed by atoms with Gasteiger partial charge in [-0.2, -0.15) is 0 Å². The number of hydrogen-bond donors (Lipinski definition) is 2. The number of ether oxygens (including phenoxy) is 1. The van der Waals surface area contributed by atoms with Crippen molar-refractivity contribution < 1.29 is 14.3 Å². The first-order valence-corrected chi connectivity index (χ1v) is 9.88. The lowest BCUT2D eigenvalue weighted by Gasteiger charge is -2.14. The molecular weight excluding hydrogens is 372 g/mol. The average Bonchev–Trinajstić information content (AvgIpc) is 3.26. The van der Waals surface area contributed by atoms with Gasteiger partial charge in [0.15, 0.2) is 6.61 Å². The van der Waals surface area contributed by atoms with E-state index in [0.717, 1.165) is 10.4 Å². The lowest BCUT2D eigenvalue weighted by Crippen LogP contribution is -2.31. The van der Waals surface area contributed by atoms with Gasteiger partial charge in [0, 0.05) is 11.4 Å². The number of thiophene rings is 1. The normalized spacial score (nSPS) is 11.5. The topological polar surface area (TPSA) is 67.4 Å². The molecule has 144 valence electrons. The zero-order valence-corrected chi connectivity index (χ0v) is 16.4. The van der Waals surface area contributed by atoms with Gasteiger partial charge < -0.3 is 15.4 Å². The number of carbonyl (C=O) groups is 2. The number of nitrogens with one attached hydrogen (secondary N) is 2. The standard InChI is InChI=1S/C22H22N2O3S/c1-16(20-12-7-13-28-20)24-21(25)15-27-19-11-6-5-10-18(19)22(26)23-14-17-8-3-2-4-9-17/h2-13,16H,14-15H2,1H3,(H,23,26)(H,24,25)/t16-/m1/s1. The van der Waals surface area contributed by atoms with Crippen LogP contribution in [0.15, 0.2) is 72.1 Å². The highest BCUT2D eigenvalue weighted by molar-refractivity contribution is 7.10. The second-order valence-corrected chi connectivity index (χ2v) is 7.24. The Morgan fingerprint density at radius 2 is 1.75 bits per heavy atom. The second-order valence-electron chi connectivity index (χ2n) is 6.26. The quantitative estimate of drug-likeness (QED) is 0.608. The molecule has 6 heteroatoms. The van der Waals surface area contributed by atoms with Crippen LogP contribution in [0.5, 0.6) is 5.75 Å². The molecule has 28 heavy (non-hydrogen) atoms. The summed E-state index contributed by atoms with van der Waals surface area (Å²) in [5.41, 5.74) is 1.41. The van der Waals surface area contributed by atoms with Crippen LogP contribution in [0, 0.1) is 0 Å². The predicted molar refractivity (Wildman–Crippen MR) is 110 cm³/mol. The number of amides is 2. The van der Waals surface area contributed by atoms with Gasteiger partial charge in [0.25, 0.3) is 11.8 Å². The van der Waals surface area contributed by atoms with E-state index < -0.39 is 0 Å². The Kier molecular flexibility index (Phi) is 6.81. The second kappa shape index (κ2) is 9.71. The Balaban J connectivity index is 1.55. The Morgan fingerprint density at radius 3 is 2.50 bits per heavy atom. The molecule has 2 amide bonds. The van der Waals surface area contributed by atoms with Gasteiger partial charge in [-0.3, -0.25) is 9.59 Å². The molecule has 0 bridgehead atoms. The van der Waals surface area contributed by atoms with Crippen LogP contribution in [-0.2, 0) is 11.3 Å². The van der Waals surface area contributed by atoms with Gasteiger partial charge in [-0.15, -0.1) is 11.3 Å². The lowest BCUT2D eigenvalue weighted by atomic mass is 10.1. The van der Waals surface area contributed by atoms with Gasteiger partial charge in [-0.25, -0.2) is 0 Å². The summed E-state index contributed by atoms with van der Waals surface area (Å²) in [5, 5.41) is 7.74. The van der Waals surface area contributed by atoms with E-state index in [9.17, 15) is 9.59 Å². The van der Waals surface area contributed by atoms with Gasteiger partial charge in [0.1, 0.15) is 5.75 Å². The number of para-hydroxylation sites is 1. The van der Waals surface area contributed by atoms with Crippen LogP contribution < -0.4 is 15.4 Å². The van der Waals surface area contributed by atoms with Crippen LogP contribution in [0.2, 0.25) is 0 Å². The van der Waals surface area contributed by atoms with Crippen LogP contribution in [-0.4, -0.2) is 18.4 Å². The highest BCUT2D eigenvalue weighted by atomic mass is 32.1. The summed E-state index contributed by atoms with van der Waals surface area (Å²) in [6, 6.07) is 20.4. The molecule has 1 heterocycles. The van der Waals surface area contributed by atoms with Crippen molar-refractivity contribution in [3.8, 4) is 5.75 Å². The van der Waals surface area contributed by atoms with Crippen molar-refractivity contribution in [2.24, 2.45) is 0 Å². The maximum atomic E-state index is 12.5. The van der Waals surface area contributed by atoms with Gasteiger partial charge >= 0.3 is 0 Å². The molecule has 0 aliphatic rings. The molecule has 0 fully saturated rings. The Labute approximate surface area is 168 Å². The fourth-order valence-corrected chi connectivity index (χ4v) is 3.42. The SMILES string of the molecule is C[C@@H](NC(=O)COc1ccccc1C(=O)NCc1ccccc1)c1cccs1. The minimum Gasteiger partial charge on any atom is -0.483 e. The van der Waals surface area contributed by atoms with Gasteiger partial charge in [-0.1, -0.05) is 48.5 Å². The number of hydrogen-bond acceptors (Lipinski definition) is 4. The number of rotatable bonds is 8. The van der Waals surface area contributed by atoms with E-state index in [4.69, 9.17) is 4.74 Å². The molecule has 0 aliphatic heterocycles. The third-order valence-corrected chi connectivity index (χ3v) is 5.19. The lowest BCUT2D eigenvalue weighted by molar-refractivity contribution is -0.123. The van der Waals surface area contributed by atoms with Crippen molar-refractivity contribution in [2.75, 3.05) is 6.61 Å². The average molecular weight is 394 g/mol. The zero-order chi connectivity index (χ0) is 19.8. The highest BCUT2D eigenvalue weighted by Gasteiger charge is 2.15. The van der Waals surface area contributed by atoms with Crippen molar-refractivity contribution in [1.82, 2.24) is 10.6 Å². The molecule has 5 nitrogen and oxygen atoms in total. The molecule has 1 atom stereocenters. The first-order chi connectivity index (χ1) is 13.6. The fourth-order valence-electron chi connectivity index (χ4n) is 2.69. The van der Waals surface area contributed by atoms with Crippen molar-refractivity contribution in [3.63, 3.8) is 0 Å². The molecule has 3 aromatic rings. The van der Waals surface area contributed by atoms with E-state index >= 15 is 0 Å². The predicted octanol–water partition coefficient (Wildman–Crippen LogP) is 3.93. The van der Waals surface area contributed by atoms with Crippen LogP contribution in [0.3, 0.4) is 0 Å². The van der Waals surface area contributed by atoms with Crippen LogP contribution in [0.1, 0.15) is 33.8 Å². The van der Waals surface area contributed by atoms with Crippen molar-refractivity contribution in [2.45, 2.75) is 19.5 Å². The maximum absolute atomic E-state index is 12.5. The fraction of sp³-hybridized carbons (Fsp3) is 0.182. The van der Waals surface area contributed by atoms with Crippen molar-refractivity contribution in [3.05, 3.63) is 88.1 Å². The molecule has 3 rings (SSSR count). The largest absolute Gasteiger partial charge is 0.483 e. The molecule has 0 unspecified atom stereocenters. The van der Waals surface area contributed by atoms with Crippen LogP contribution >= 0.6 is 11.3 Å². The summed E-state index contributed by atoms with van der Waals surface area (Å²) in [5.74, 6) is -0.0980. The molecular formula is C22H22N2O3S. The van der Waals surface area contributed by atoms with E-state index in [2.05, 4.69) is 10.6 Å². The first-order valence-electron chi connectivity index (χ1n) is 9.00. The van der Waals surface area contributed by atoms with Crippen LogP contribution in [0.25, 0.3) is 0 Å². The Morgan fingerprint density at radius 1 is 1.00 bits per heavy atom. The summed E-state index contributed by atoms with van der Waals surface area (Å²) < 4.78 is 5.62. The molecule has 1 aromatic heterocycles. The number of benzene rings is 2. The third-order valence-electron chi connectivity index (χ3n) is 4.13. The summed E-state index contributed by atoms with van der Waals surface area (Å²) in [4.78, 5) is 25.8. The molecule has 0 saturated heterocycles. The summed E-state index contributed by atoms with van der Waals surface area (Å²) in [6.45, 7) is 2.19. The molecule has 2 N–H and O–H groups in total. The van der Waals surface area contributed by atoms with Crippen molar-refractivity contribution in [1.29, 1.82) is 0 Å². The van der Waals surface area contributed by atoms with Gasteiger partial charge in [0.2, 0.25) is 0 Å². The number of carbonyl (C=O) groups excluding carboxylic acids is 2. The summed E-state index contributed by atoms with van der Waals surface area (Å²) >= 11 is 1.59. The minimum atomic E-state index is -0.244. The molecule has 2 aromatic carbocycles. The molecule has 0 spiro atoms. The molecule has 0 aliphatic carbocycles. The van der Waals surface area contributed by atoms with E-state index in [1.165, 1.54) is 0 Å². The van der Waals surface area contributed by atoms with Gasteiger partial charge in [0.05, 0.1) is 11.6 Å². The smallest absolute Gasteiger partial charge is 0.258 e. The zero-order valence-electron chi connectivity index (χ0n) is 15.6. The molecule has 0 radical (unpaired) electrons.